The van der Waals surface area contributed by atoms with E-state index >= 15 is 0 Å². The highest BCUT2D eigenvalue weighted by molar-refractivity contribution is 5.73. The summed E-state index contributed by atoms with van der Waals surface area (Å²) in [6.45, 7) is 10.5. The zero-order valence-electron chi connectivity index (χ0n) is 14.9. The van der Waals surface area contributed by atoms with E-state index in [0.717, 1.165) is 25.7 Å². The normalized spacial score (nSPS) is 12.4. The van der Waals surface area contributed by atoms with Gasteiger partial charge in [0.05, 0.1) is 5.41 Å². The monoisotopic (exact) mass is 304 g/mol. The molecule has 0 unspecified atom stereocenters. The van der Waals surface area contributed by atoms with Crippen molar-refractivity contribution >= 4 is 5.97 Å². The number of hydrogen-bond donors (Lipinski definition) is 1. The summed E-state index contributed by atoms with van der Waals surface area (Å²) in [4.78, 5) is 11.2. The predicted octanol–water partition coefficient (Wildman–Crippen LogP) is 5.49. The smallest absolute Gasteiger partial charge is 0.309 e. The van der Waals surface area contributed by atoms with Crippen LogP contribution in [-0.4, -0.2) is 11.1 Å². The molecule has 0 aliphatic rings. The second kappa shape index (κ2) is 7.80. The molecule has 2 nitrogen and oxygen atoms in total. The highest BCUT2D eigenvalue weighted by atomic mass is 16.4. The summed E-state index contributed by atoms with van der Waals surface area (Å²) < 4.78 is 0. The number of carboxylic acid groups (broad SMARTS) is 1. The van der Waals surface area contributed by atoms with E-state index < -0.39 is 11.4 Å². The summed E-state index contributed by atoms with van der Waals surface area (Å²) in [5.41, 5.74) is 2.58. The summed E-state index contributed by atoms with van der Waals surface area (Å²) in [6.07, 6.45) is 6.18. The Morgan fingerprint density at radius 1 is 0.909 bits per heavy atom. The molecular formula is C20H32O2. The zero-order chi connectivity index (χ0) is 16.8. The van der Waals surface area contributed by atoms with Crippen LogP contribution in [0.1, 0.15) is 71.4 Å². The van der Waals surface area contributed by atoms with Crippen LogP contribution in [0.4, 0.5) is 0 Å². The molecule has 22 heavy (non-hydrogen) atoms. The number of hydrogen-bond acceptors (Lipinski definition) is 1. The second-order valence-corrected chi connectivity index (χ2v) is 8.23. The fraction of sp³-hybridized carbons (Fsp3) is 0.650. The Morgan fingerprint density at radius 3 is 1.77 bits per heavy atom. The lowest BCUT2D eigenvalue weighted by Gasteiger charge is -2.20. The topological polar surface area (TPSA) is 37.3 Å². The van der Waals surface area contributed by atoms with Crippen molar-refractivity contribution < 1.29 is 9.90 Å². The number of aliphatic carboxylic acids is 1. The molecule has 0 aromatic heterocycles. The first kappa shape index (κ1) is 18.7. The van der Waals surface area contributed by atoms with Gasteiger partial charge in [0.25, 0.3) is 0 Å². The van der Waals surface area contributed by atoms with Crippen LogP contribution < -0.4 is 0 Å². The maximum Gasteiger partial charge on any atom is 0.309 e. The minimum atomic E-state index is -0.703. The number of aryl methyl sites for hydroxylation is 2. The summed E-state index contributed by atoms with van der Waals surface area (Å²) in [5.74, 6) is -0.703. The SMILES string of the molecule is CC(C)(C)CCCc1ccccc1CCCC(C)(C)C(=O)O. The highest BCUT2D eigenvalue weighted by Gasteiger charge is 2.26. The van der Waals surface area contributed by atoms with Gasteiger partial charge < -0.3 is 5.11 Å². The third-order valence-corrected chi connectivity index (χ3v) is 4.32. The molecule has 1 N–H and O–H groups in total. The van der Waals surface area contributed by atoms with Gasteiger partial charge in [-0.25, -0.2) is 0 Å². The first-order valence-corrected chi connectivity index (χ1v) is 8.42. The van der Waals surface area contributed by atoms with Crippen molar-refractivity contribution in [2.75, 3.05) is 0 Å². The Labute approximate surface area is 135 Å². The van der Waals surface area contributed by atoms with Crippen molar-refractivity contribution in [1.29, 1.82) is 0 Å². The number of rotatable bonds is 8. The zero-order valence-corrected chi connectivity index (χ0v) is 14.9. The van der Waals surface area contributed by atoms with Gasteiger partial charge in [0.2, 0.25) is 0 Å². The minimum Gasteiger partial charge on any atom is -0.481 e. The van der Waals surface area contributed by atoms with E-state index in [9.17, 15) is 9.90 Å². The average Bonchev–Trinajstić information content (AvgIpc) is 2.38. The molecule has 0 bridgehead atoms. The first-order chi connectivity index (χ1) is 10.1. The van der Waals surface area contributed by atoms with Crippen LogP contribution in [-0.2, 0) is 17.6 Å². The Kier molecular flexibility index (Phi) is 6.65. The summed E-state index contributed by atoms with van der Waals surface area (Å²) in [5, 5.41) is 9.19. The van der Waals surface area contributed by atoms with E-state index in [-0.39, 0.29) is 0 Å². The average molecular weight is 304 g/mol. The van der Waals surface area contributed by atoms with Crippen molar-refractivity contribution in [3.05, 3.63) is 35.4 Å². The Hall–Kier alpha value is -1.31. The standard InChI is InChI=1S/C20H32O2/c1-19(2,3)14-8-12-16-10-6-7-11-17(16)13-9-15-20(4,5)18(21)22/h6-7,10-11H,8-9,12-15H2,1-5H3,(H,21,22). The van der Waals surface area contributed by atoms with Gasteiger partial charge in [-0.1, -0.05) is 45.0 Å². The molecular weight excluding hydrogens is 272 g/mol. The van der Waals surface area contributed by atoms with Crippen molar-refractivity contribution in [3.63, 3.8) is 0 Å². The van der Waals surface area contributed by atoms with Crippen molar-refractivity contribution in [2.24, 2.45) is 10.8 Å². The van der Waals surface area contributed by atoms with Crippen LogP contribution in [0.15, 0.2) is 24.3 Å². The van der Waals surface area contributed by atoms with Crippen molar-refractivity contribution in [1.82, 2.24) is 0 Å². The van der Waals surface area contributed by atoms with E-state index in [1.807, 2.05) is 13.8 Å². The summed E-state index contributed by atoms with van der Waals surface area (Å²) in [6, 6.07) is 8.61. The molecule has 2 heteroatoms. The van der Waals surface area contributed by atoms with E-state index in [1.165, 1.54) is 24.0 Å². The van der Waals surface area contributed by atoms with Crippen LogP contribution in [0.3, 0.4) is 0 Å². The van der Waals surface area contributed by atoms with Crippen LogP contribution in [0.25, 0.3) is 0 Å². The Morgan fingerprint density at radius 2 is 1.36 bits per heavy atom. The second-order valence-electron chi connectivity index (χ2n) is 8.23. The maximum atomic E-state index is 11.2. The first-order valence-electron chi connectivity index (χ1n) is 8.42. The highest BCUT2D eigenvalue weighted by Crippen LogP contribution is 2.26. The lowest BCUT2D eigenvalue weighted by atomic mass is 9.85. The lowest BCUT2D eigenvalue weighted by Crippen LogP contribution is -2.23. The molecule has 1 aromatic carbocycles. The molecule has 0 heterocycles. The maximum absolute atomic E-state index is 11.2. The van der Waals surface area contributed by atoms with E-state index in [4.69, 9.17) is 0 Å². The molecule has 0 amide bonds. The van der Waals surface area contributed by atoms with Gasteiger partial charge in [0.1, 0.15) is 0 Å². The van der Waals surface area contributed by atoms with Gasteiger partial charge in [-0.15, -0.1) is 0 Å². The van der Waals surface area contributed by atoms with Crippen molar-refractivity contribution in [3.8, 4) is 0 Å². The van der Waals surface area contributed by atoms with E-state index in [0.29, 0.717) is 5.41 Å². The fourth-order valence-electron chi connectivity index (χ4n) is 2.68. The third kappa shape index (κ3) is 6.64. The van der Waals surface area contributed by atoms with Gasteiger partial charge >= 0.3 is 5.97 Å². The predicted molar refractivity (Wildman–Crippen MR) is 93.2 cm³/mol. The number of carboxylic acids is 1. The molecule has 0 spiro atoms. The van der Waals surface area contributed by atoms with Gasteiger partial charge in [-0.3, -0.25) is 4.79 Å². The quantitative estimate of drug-likeness (QED) is 0.689. The molecule has 0 fully saturated rings. The number of carbonyl (C=O) groups is 1. The molecule has 0 saturated carbocycles. The molecule has 0 saturated heterocycles. The van der Waals surface area contributed by atoms with Crippen molar-refractivity contribution in [2.45, 2.75) is 73.1 Å². The lowest BCUT2D eigenvalue weighted by molar-refractivity contribution is -0.147. The Balaban J connectivity index is 2.55. The Bertz CT molecular complexity index is 481. The van der Waals surface area contributed by atoms with E-state index in [2.05, 4.69) is 45.0 Å². The largest absolute Gasteiger partial charge is 0.481 e. The van der Waals surface area contributed by atoms with Crippen LogP contribution in [0, 0.1) is 10.8 Å². The van der Waals surface area contributed by atoms with Crippen LogP contribution in [0.2, 0.25) is 0 Å². The minimum absolute atomic E-state index is 0.389. The number of benzene rings is 1. The van der Waals surface area contributed by atoms with Gasteiger partial charge in [-0.2, -0.15) is 0 Å². The van der Waals surface area contributed by atoms with Crippen LogP contribution in [0.5, 0.6) is 0 Å². The molecule has 0 aliphatic heterocycles. The summed E-state index contributed by atoms with van der Waals surface area (Å²) >= 11 is 0. The molecule has 0 radical (unpaired) electrons. The molecule has 0 aliphatic carbocycles. The molecule has 1 rings (SSSR count). The van der Waals surface area contributed by atoms with Gasteiger partial charge in [0.15, 0.2) is 0 Å². The molecule has 124 valence electrons. The fourth-order valence-corrected chi connectivity index (χ4v) is 2.68. The molecule has 0 atom stereocenters. The third-order valence-electron chi connectivity index (χ3n) is 4.32. The van der Waals surface area contributed by atoms with Gasteiger partial charge in [0, 0.05) is 0 Å². The van der Waals surface area contributed by atoms with E-state index in [1.54, 1.807) is 0 Å². The van der Waals surface area contributed by atoms with Gasteiger partial charge in [-0.05, 0) is 68.9 Å². The summed E-state index contributed by atoms with van der Waals surface area (Å²) in [7, 11) is 0. The molecule has 1 aromatic rings. The van der Waals surface area contributed by atoms with Crippen LogP contribution >= 0.6 is 0 Å².